The highest BCUT2D eigenvalue weighted by molar-refractivity contribution is 6.05. The van der Waals surface area contributed by atoms with Crippen LogP contribution in [-0.4, -0.2) is 16.8 Å². The molecule has 0 aliphatic carbocycles. The molecule has 126 valence electrons. The van der Waals surface area contributed by atoms with Crippen LogP contribution in [0.1, 0.15) is 17.2 Å². The van der Waals surface area contributed by atoms with Crippen molar-refractivity contribution in [2.45, 2.75) is 12.5 Å². The van der Waals surface area contributed by atoms with Crippen LogP contribution in [-0.2, 0) is 6.42 Å². The smallest absolute Gasteiger partial charge is 0.141 e. The molecule has 0 amide bonds. The van der Waals surface area contributed by atoms with E-state index >= 15 is 0 Å². The first kappa shape index (κ1) is 15.9. The summed E-state index contributed by atoms with van der Waals surface area (Å²) in [7, 11) is 0. The largest absolute Gasteiger partial charge is 0.456 e. The van der Waals surface area contributed by atoms with Gasteiger partial charge in [-0.1, -0.05) is 66.7 Å². The molecule has 0 bridgehead atoms. The average Bonchev–Trinajstić information content (AvgIpc) is 3.05. The zero-order valence-electron chi connectivity index (χ0n) is 13.8. The van der Waals surface area contributed by atoms with Gasteiger partial charge in [0.1, 0.15) is 11.2 Å². The Bertz CT molecular complexity index is 988. The van der Waals surface area contributed by atoms with Crippen LogP contribution in [0.2, 0.25) is 0 Å². The second-order valence-corrected chi connectivity index (χ2v) is 6.40. The third-order valence-corrected chi connectivity index (χ3v) is 4.78. The number of para-hydroxylation sites is 2. The third-order valence-electron chi connectivity index (χ3n) is 4.78. The number of furan rings is 1. The average molecular weight is 332 g/mol. The standard InChI is InChI=1S/C22H20O3/c23-14-16(13-15-7-2-1-3-8-15)21(24)19-11-6-10-18-17-9-4-5-12-20(17)25-22(18)19/h1-12,16,21,23-24H,13-14H2/t16-,21+/m1/s1. The molecular formula is C22H20O3. The summed E-state index contributed by atoms with van der Waals surface area (Å²) in [6, 6.07) is 23.6. The summed E-state index contributed by atoms with van der Waals surface area (Å²) >= 11 is 0. The minimum atomic E-state index is -0.797. The molecule has 0 saturated heterocycles. The second-order valence-electron chi connectivity index (χ2n) is 6.40. The van der Waals surface area contributed by atoms with Crippen LogP contribution in [0, 0.1) is 5.92 Å². The monoisotopic (exact) mass is 332 g/mol. The molecule has 2 atom stereocenters. The zero-order valence-corrected chi connectivity index (χ0v) is 13.8. The first-order valence-electron chi connectivity index (χ1n) is 8.51. The molecule has 3 aromatic carbocycles. The van der Waals surface area contributed by atoms with Crippen molar-refractivity contribution in [2.75, 3.05) is 6.61 Å². The molecule has 0 spiro atoms. The van der Waals surface area contributed by atoms with E-state index in [2.05, 4.69) is 0 Å². The molecule has 0 saturated carbocycles. The van der Waals surface area contributed by atoms with Crippen molar-refractivity contribution in [1.82, 2.24) is 0 Å². The molecule has 4 aromatic rings. The van der Waals surface area contributed by atoms with Gasteiger partial charge in [-0.25, -0.2) is 0 Å². The minimum Gasteiger partial charge on any atom is -0.456 e. The highest BCUT2D eigenvalue weighted by Gasteiger charge is 2.24. The van der Waals surface area contributed by atoms with Gasteiger partial charge < -0.3 is 14.6 Å². The van der Waals surface area contributed by atoms with Crippen molar-refractivity contribution in [3.8, 4) is 0 Å². The van der Waals surface area contributed by atoms with Crippen LogP contribution < -0.4 is 0 Å². The lowest BCUT2D eigenvalue weighted by atomic mass is 9.89. The fraction of sp³-hybridized carbons (Fsp3) is 0.182. The van der Waals surface area contributed by atoms with Crippen LogP contribution in [0.4, 0.5) is 0 Å². The first-order valence-corrected chi connectivity index (χ1v) is 8.51. The SMILES string of the molecule is OC[C@@H](Cc1ccccc1)[C@H](O)c1cccc2c1oc1ccccc12. The summed E-state index contributed by atoms with van der Waals surface area (Å²) in [6.45, 7) is -0.0906. The quantitative estimate of drug-likeness (QED) is 0.567. The van der Waals surface area contributed by atoms with Gasteiger partial charge in [0.05, 0.1) is 6.10 Å². The molecule has 25 heavy (non-hydrogen) atoms. The lowest BCUT2D eigenvalue weighted by Crippen LogP contribution is -2.19. The Hall–Kier alpha value is -2.62. The van der Waals surface area contributed by atoms with Crippen LogP contribution >= 0.6 is 0 Å². The van der Waals surface area contributed by atoms with Crippen LogP contribution in [0.5, 0.6) is 0 Å². The predicted molar refractivity (Wildman–Crippen MR) is 99.4 cm³/mol. The number of fused-ring (bicyclic) bond motifs is 3. The summed E-state index contributed by atoms with van der Waals surface area (Å²) < 4.78 is 6.01. The van der Waals surface area contributed by atoms with Crippen LogP contribution in [0.25, 0.3) is 21.9 Å². The highest BCUT2D eigenvalue weighted by Crippen LogP contribution is 2.36. The van der Waals surface area contributed by atoms with Gasteiger partial charge in [0.2, 0.25) is 0 Å². The molecule has 2 N–H and O–H groups in total. The van der Waals surface area contributed by atoms with E-state index in [1.165, 1.54) is 0 Å². The maximum atomic E-state index is 10.9. The Labute approximate surface area is 146 Å². The van der Waals surface area contributed by atoms with Gasteiger partial charge >= 0.3 is 0 Å². The number of hydrogen-bond donors (Lipinski definition) is 2. The lowest BCUT2D eigenvalue weighted by molar-refractivity contribution is 0.0673. The molecule has 0 fully saturated rings. The van der Waals surface area contributed by atoms with Crippen LogP contribution in [0.15, 0.2) is 77.2 Å². The van der Waals surface area contributed by atoms with E-state index in [9.17, 15) is 10.2 Å². The minimum absolute atomic E-state index is 0.0906. The van der Waals surface area contributed by atoms with Gasteiger partial charge in [-0.05, 0) is 18.1 Å². The highest BCUT2D eigenvalue weighted by atomic mass is 16.3. The zero-order chi connectivity index (χ0) is 17.2. The molecule has 3 heteroatoms. The molecule has 1 heterocycles. The van der Waals surface area contributed by atoms with Gasteiger partial charge in [0.15, 0.2) is 0 Å². The molecule has 4 rings (SSSR count). The first-order chi connectivity index (χ1) is 12.3. The Kier molecular flexibility index (Phi) is 4.26. The van der Waals surface area contributed by atoms with Gasteiger partial charge in [0, 0.05) is 28.9 Å². The lowest BCUT2D eigenvalue weighted by Gasteiger charge is -2.21. The summed E-state index contributed by atoms with van der Waals surface area (Å²) in [5, 5.41) is 22.8. The summed E-state index contributed by atoms with van der Waals surface area (Å²) in [5.74, 6) is -0.291. The molecule has 3 nitrogen and oxygen atoms in total. The summed E-state index contributed by atoms with van der Waals surface area (Å²) in [5.41, 5.74) is 3.32. The van der Waals surface area contributed by atoms with E-state index in [1.807, 2.05) is 72.8 Å². The molecular weight excluding hydrogens is 312 g/mol. The Morgan fingerprint density at radius 1 is 0.800 bits per heavy atom. The predicted octanol–water partition coefficient (Wildman–Crippen LogP) is 4.47. The number of rotatable bonds is 5. The van der Waals surface area contributed by atoms with E-state index in [1.54, 1.807) is 0 Å². The number of benzene rings is 3. The number of aliphatic hydroxyl groups is 2. The normalized spacial score (nSPS) is 14.0. The van der Waals surface area contributed by atoms with Crippen molar-refractivity contribution in [3.63, 3.8) is 0 Å². The fourth-order valence-electron chi connectivity index (χ4n) is 3.45. The summed E-state index contributed by atoms with van der Waals surface area (Å²) in [6.07, 6.45) is -0.191. The Morgan fingerprint density at radius 2 is 1.52 bits per heavy atom. The maximum Gasteiger partial charge on any atom is 0.141 e. The van der Waals surface area contributed by atoms with Crippen molar-refractivity contribution < 1.29 is 14.6 Å². The van der Waals surface area contributed by atoms with E-state index in [4.69, 9.17) is 4.42 Å². The molecule has 0 aliphatic rings. The fourth-order valence-corrected chi connectivity index (χ4v) is 3.45. The van der Waals surface area contributed by atoms with Gasteiger partial charge in [-0.15, -0.1) is 0 Å². The van der Waals surface area contributed by atoms with Crippen molar-refractivity contribution in [3.05, 3.63) is 83.9 Å². The van der Waals surface area contributed by atoms with Gasteiger partial charge in [-0.3, -0.25) is 0 Å². The Balaban J connectivity index is 1.74. The van der Waals surface area contributed by atoms with Crippen molar-refractivity contribution >= 4 is 21.9 Å². The summed E-state index contributed by atoms with van der Waals surface area (Å²) in [4.78, 5) is 0. The molecule has 0 aliphatic heterocycles. The van der Waals surface area contributed by atoms with E-state index in [0.29, 0.717) is 12.0 Å². The van der Waals surface area contributed by atoms with E-state index < -0.39 is 6.10 Å². The number of aliphatic hydroxyl groups excluding tert-OH is 2. The second kappa shape index (κ2) is 6.71. The van der Waals surface area contributed by atoms with E-state index in [-0.39, 0.29) is 12.5 Å². The maximum absolute atomic E-state index is 10.9. The number of hydrogen-bond acceptors (Lipinski definition) is 3. The topological polar surface area (TPSA) is 53.6 Å². The van der Waals surface area contributed by atoms with E-state index in [0.717, 1.165) is 27.5 Å². The van der Waals surface area contributed by atoms with Crippen molar-refractivity contribution in [2.24, 2.45) is 5.92 Å². The molecule has 0 radical (unpaired) electrons. The van der Waals surface area contributed by atoms with Crippen molar-refractivity contribution in [1.29, 1.82) is 0 Å². The van der Waals surface area contributed by atoms with Crippen LogP contribution in [0.3, 0.4) is 0 Å². The van der Waals surface area contributed by atoms with Gasteiger partial charge in [-0.2, -0.15) is 0 Å². The third kappa shape index (κ3) is 2.93. The molecule has 1 aromatic heterocycles. The Morgan fingerprint density at radius 3 is 2.32 bits per heavy atom. The molecule has 0 unspecified atom stereocenters. The van der Waals surface area contributed by atoms with Gasteiger partial charge in [0.25, 0.3) is 0 Å².